The molecule has 1 aliphatic rings. The molecule has 2 N–H and O–H groups in total. The van der Waals surface area contributed by atoms with E-state index in [4.69, 9.17) is 0 Å². The maximum atomic E-state index is 11.4. The van der Waals surface area contributed by atoms with Gasteiger partial charge in [0.15, 0.2) is 0 Å². The summed E-state index contributed by atoms with van der Waals surface area (Å²) in [5, 5.41) is 2.27. The maximum Gasteiger partial charge on any atom is 0.264 e. The van der Waals surface area contributed by atoms with Crippen LogP contribution in [0.3, 0.4) is 0 Å². The first-order valence-electron chi connectivity index (χ1n) is 15.0. The van der Waals surface area contributed by atoms with Crippen LogP contribution in [0, 0.1) is 0 Å². The molecule has 0 unspecified atom stereocenters. The first-order chi connectivity index (χ1) is 22.3. The molecular weight excluding hydrogens is 751 g/mol. The standard InChI is InChI=1S/C32H41NO6S8/c1-6-21(15-25-22(11-7-9-13-46(34,35)36)23-17-28(40-2)30(42-4)19-26(23)44-25)16-32-33(12-8-10-14-47(37,38)39)24-18-29(41-3)31(43-5)20-27(24)45-32/h15-20H,6-14H2,1-5H3,(H,34,35,36)(H,37,38,39)/b21-15-,32-16+. The molecule has 1 aromatic heterocycles. The van der Waals surface area contributed by atoms with Crippen molar-refractivity contribution in [3.05, 3.63) is 51.4 Å². The summed E-state index contributed by atoms with van der Waals surface area (Å²) in [5.74, 6) is -0.496. The van der Waals surface area contributed by atoms with Crippen LogP contribution >= 0.6 is 70.1 Å². The van der Waals surface area contributed by atoms with E-state index in [9.17, 15) is 25.9 Å². The van der Waals surface area contributed by atoms with Gasteiger partial charge in [0.1, 0.15) is 0 Å². The molecule has 0 saturated heterocycles. The molecule has 4 rings (SSSR count). The zero-order valence-electron chi connectivity index (χ0n) is 27.1. The monoisotopic (exact) mass is 791 g/mol. The lowest BCUT2D eigenvalue weighted by Gasteiger charge is -2.21. The van der Waals surface area contributed by atoms with E-state index in [0.29, 0.717) is 38.6 Å². The van der Waals surface area contributed by atoms with Crippen molar-refractivity contribution < 1.29 is 25.9 Å². The van der Waals surface area contributed by atoms with Crippen LogP contribution in [0.4, 0.5) is 5.69 Å². The van der Waals surface area contributed by atoms with Gasteiger partial charge in [0.05, 0.1) is 22.2 Å². The molecule has 0 amide bonds. The summed E-state index contributed by atoms with van der Waals surface area (Å²) in [4.78, 5) is 9.46. The predicted molar refractivity (Wildman–Crippen MR) is 210 cm³/mol. The number of hydrogen-bond donors (Lipinski definition) is 2. The lowest BCUT2D eigenvalue weighted by atomic mass is 10.0. The Morgan fingerprint density at radius 1 is 0.809 bits per heavy atom. The smallest absolute Gasteiger partial charge is 0.264 e. The minimum Gasteiger partial charge on any atom is -0.335 e. The predicted octanol–water partition coefficient (Wildman–Crippen LogP) is 9.91. The highest BCUT2D eigenvalue weighted by atomic mass is 32.2. The van der Waals surface area contributed by atoms with Crippen molar-refractivity contribution in [1.82, 2.24) is 0 Å². The van der Waals surface area contributed by atoms with Crippen LogP contribution in [-0.2, 0) is 26.7 Å². The van der Waals surface area contributed by atoms with Gasteiger partial charge in [-0.2, -0.15) is 16.8 Å². The molecule has 47 heavy (non-hydrogen) atoms. The molecule has 7 nitrogen and oxygen atoms in total. The van der Waals surface area contributed by atoms with Gasteiger partial charge in [-0.05, 0) is 116 Å². The third-order valence-corrected chi connectivity index (χ3v) is 14.9. The molecule has 3 aromatic rings. The van der Waals surface area contributed by atoms with Crippen molar-refractivity contribution in [2.75, 3.05) is 48.0 Å². The summed E-state index contributed by atoms with van der Waals surface area (Å²) in [7, 11) is -8.01. The molecule has 0 aliphatic carbocycles. The molecule has 0 atom stereocenters. The van der Waals surface area contributed by atoms with Gasteiger partial charge in [-0.15, -0.1) is 58.4 Å². The van der Waals surface area contributed by atoms with Crippen molar-refractivity contribution in [3.63, 3.8) is 0 Å². The summed E-state index contributed by atoms with van der Waals surface area (Å²) in [5.41, 5.74) is 3.46. The van der Waals surface area contributed by atoms with Crippen molar-refractivity contribution in [3.8, 4) is 0 Å². The first kappa shape index (κ1) is 39.0. The molecule has 0 radical (unpaired) electrons. The van der Waals surface area contributed by atoms with Gasteiger partial charge < -0.3 is 4.90 Å². The summed E-state index contributed by atoms with van der Waals surface area (Å²) < 4.78 is 65.2. The molecule has 0 spiro atoms. The van der Waals surface area contributed by atoms with E-state index in [1.807, 2.05) is 0 Å². The van der Waals surface area contributed by atoms with E-state index in [0.717, 1.165) is 27.6 Å². The largest absolute Gasteiger partial charge is 0.335 e. The second-order valence-electron chi connectivity index (χ2n) is 10.9. The molecule has 0 bridgehead atoms. The zero-order chi connectivity index (χ0) is 34.4. The lowest BCUT2D eigenvalue weighted by molar-refractivity contribution is 0.478. The zero-order valence-corrected chi connectivity index (χ0v) is 33.6. The van der Waals surface area contributed by atoms with Gasteiger partial charge >= 0.3 is 0 Å². The Bertz CT molecular complexity index is 1870. The Morgan fingerprint density at radius 2 is 1.38 bits per heavy atom. The summed E-state index contributed by atoms with van der Waals surface area (Å²) in [6.45, 7) is 2.77. The van der Waals surface area contributed by atoms with E-state index in [1.165, 1.54) is 40.1 Å². The Hall–Kier alpha value is -0.750. The highest BCUT2D eigenvalue weighted by molar-refractivity contribution is 8.04. The number of aryl methyl sites for hydroxylation is 1. The van der Waals surface area contributed by atoms with Crippen molar-refractivity contribution in [1.29, 1.82) is 0 Å². The van der Waals surface area contributed by atoms with Crippen LogP contribution in [0.1, 0.15) is 49.5 Å². The third-order valence-electron chi connectivity index (χ3n) is 7.71. The summed E-state index contributed by atoms with van der Waals surface area (Å²) in [6, 6.07) is 8.97. The minimum atomic E-state index is -4.01. The first-order valence-corrected chi connectivity index (χ1v) is 24.8. The second kappa shape index (κ2) is 17.5. The maximum absolute atomic E-state index is 11.4. The van der Waals surface area contributed by atoms with Gasteiger partial charge in [0.2, 0.25) is 0 Å². The summed E-state index contributed by atoms with van der Waals surface area (Å²) in [6.07, 6.45) is 16.3. The number of allylic oxidation sites excluding steroid dienone is 2. The Balaban J connectivity index is 1.75. The van der Waals surface area contributed by atoms with Crippen LogP contribution in [-0.4, -0.2) is 69.0 Å². The molecule has 2 aromatic carbocycles. The molecule has 0 saturated carbocycles. The molecule has 1 aliphatic heterocycles. The van der Waals surface area contributed by atoms with Crippen LogP contribution in [0.2, 0.25) is 0 Å². The number of nitrogens with zero attached hydrogens (tertiary/aromatic N) is 1. The van der Waals surface area contributed by atoms with Gasteiger partial charge in [0.25, 0.3) is 20.2 Å². The fourth-order valence-electron chi connectivity index (χ4n) is 5.35. The van der Waals surface area contributed by atoms with Crippen LogP contribution in [0.15, 0.2) is 65.4 Å². The molecule has 0 fully saturated rings. The number of benzene rings is 2. The highest BCUT2D eigenvalue weighted by Crippen LogP contribution is 2.50. The van der Waals surface area contributed by atoms with E-state index in [-0.39, 0.29) is 11.5 Å². The van der Waals surface area contributed by atoms with E-state index in [2.05, 4.69) is 73.3 Å². The molecule has 258 valence electrons. The number of thiophene rings is 1. The van der Waals surface area contributed by atoms with Crippen molar-refractivity contribution in [2.24, 2.45) is 0 Å². The number of anilines is 1. The lowest BCUT2D eigenvalue weighted by Crippen LogP contribution is -2.20. The number of thioether (sulfide) groups is 5. The molecule has 15 heteroatoms. The van der Waals surface area contributed by atoms with E-state index < -0.39 is 20.2 Å². The normalized spacial score (nSPS) is 14.9. The Labute approximate surface area is 305 Å². The fraction of sp³-hybridized carbons (Fsp3) is 0.438. The van der Waals surface area contributed by atoms with Gasteiger partial charge in [-0.3, -0.25) is 9.11 Å². The third kappa shape index (κ3) is 10.6. The van der Waals surface area contributed by atoms with Crippen LogP contribution in [0.5, 0.6) is 0 Å². The number of unbranched alkanes of at least 4 members (excludes halogenated alkanes) is 2. The topological polar surface area (TPSA) is 112 Å². The molecule has 2 heterocycles. The fourth-order valence-corrected chi connectivity index (χ4v) is 12.0. The Kier molecular flexibility index (Phi) is 14.5. The number of rotatable bonds is 17. The average molecular weight is 792 g/mol. The Morgan fingerprint density at radius 3 is 1.98 bits per heavy atom. The second-order valence-corrected chi connectivity index (χ2v) is 19.6. The van der Waals surface area contributed by atoms with Crippen LogP contribution in [0.25, 0.3) is 16.2 Å². The molecular formula is C32H41NO6S8. The quantitative estimate of drug-likeness (QED) is 0.0771. The highest BCUT2D eigenvalue weighted by Gasteiger charge is 2.27. The SMILES string of the molecule is CCC(=C/c1sc2cc(SC)c(SC)cc2c1CCCCS(=O)(=O)O)/C=C1/Sc2cc(SC)c(SC)cc2N1CCCCS(=O)(=O)O. The van der Waals surface area contributed by atoms with E-state index >= 15 is 0 Å². The number of hydrogen-bond acceptors (Lipinski definition) is 11. The summed E-state index contributed by atoms with van der Waals surface area (Å²) >= 11 is 10.4. The minimum absolute atomic E-state index is 0.242. The van der Waals surface area contributed by atoms with Gasteiger partial charge in [-0.1, -0.05) is 18.7 Å². The average Bonchev–Trinajstić information content (AvgIpc) is 3.53. The van der Waals surface area contributed by atoms with Crippen molar-refractivity contribution in [2.45, 2.75) is 69.9 Å². The van der Waals surface area contributed by atoms with Gasteiger partial charge in [0, 0.05) is 40.6 Å². The van der Waals surface area contributed by atoms with Crippen molar-refractivity contribution >= 4 is 112 Å². The van der Waals surface area contributed by atoms with E-state index in [1.54, 1.807) is 70.1 Å². The van der Waals surface area contributed by atoms with Gasteiger partial charge in [-0.25, -0.2) is 0 Å². The van der Waals surface area contributed by atoms with Crippen LogP contribution < -0.4 is 4.90 Å². The number of fused-ring (bicyclic) bond motifs is 2.